The van der Waals surface area contributed by atoms with Crippen molar-refractivity contribution in [3.05, 3.63) is 11.6 Å². The fraction of sp³-hybridized carbons (Fsp3) is 0.750. The molecule has 4 unspecified atom stereocenters. The predicted octanol–water partition coefficient (Wildman–Crippen LogP) is 0.996. The van der Waals surface area contributed by atoms with Crippen molar-refractivity contribution in [3.63, 3.8) is 0 Å². The highest BCUT2D eigenvalue weighted by Gasteiger charge is 2.79. The molecule has 0 radical (unpaired) electrons. The molecule has 5 rings (SSSR count). The lowest BCUT2D eigenvalue weighted by Gasteiger charge is -2.55. The number of carbonyl (C=O) groups excluding carboxylic acids is 2. The van der Waals surface area contributed by atoms with Gasteiger partial charge in [0.1, 0.15) is 0 Å². The number of hydrogen-bond acceptors (Lipinski definition) is 5. The van der Waals surface area contributed by atoms with Crippen molar-refractivity contribution in [3.8, 4) is 0 Å². The van der Waals surface area contributed by atoms with E-state index in [0.717, 1.165) is 19.3 Å². The summed E-state index contributed by atoms with van der Waals surface area (Å²) in [6.07, 6.45) is 5.31. The highest BCUT2D eigenvalue weighted by atomic mass is 16.6. The van der Waals surface area contributed by atoms with Crippen LogP contribution in [-0.4, -0.2) is 42.3 Å². The standard InChI is InChI=1S/C16H20O5/c1-2-20-12(18)11-7-15-5-3-4-10(15)6-14(11,8-17)13(19)16(15)9-21-16/h6,11,17H,2-5,7-9H2,1H3. The number of esters is 1. The molecule has 4 atom stereocenters. The summed E-state index contributed by atoms with van der Waals surface area (Å²) in [7, 11) is 0. The van der Waals surface area contributed by atoms with E-state index in [0.29, 0.717) is 13.0 Å². The SMILES string of the molecule is CCOC(=O)C1CC23CCCC2=CC1(CO)C(=O)C31CO1. The van der Waals surface area contributed by atoms with E-state index < -0.39 is 16.9 Å². The molecule has 0 aromatic carbocycles. The van der Waals surface area contributed by atoms with Crippen molar-refractivity contribution in [2.45, 2.75) is 38.2 Å². The van der Waals surface area contributed by atoms with Crippen LogP contribution in [0.25, 0.3) is 0 Å². The molecule has 0 amide bonds. The summed E-state index contributed by atoms with van der Waals surface area (Å²) < 4.78 is 10.8. The number of aliphatic hydroxyl groups excluding tert-OH is 1. The number of hydrogen-bond donors (Lipinski definition) is 1. The zero-order valence-electron chi connectivity index (χ0n) is 12.2. The fourth-order valence-corrected chi connectivity index (χ4v) is 5.05. The molecule has 1 N–H and O–H groups in total. The molecule has 2 bridgehead atoms. The van der Waals surface area contributed by atoms with Crippen molar-refractivity contribution in [2.75, 3.05) is 19.8 Å². The third kappa shape index (κ3) is 1.30. The average Bonchev–Trinajstić information content (AvgIpc) is 3.18. The van der Waals surface area contributed by atoms with Crippen LogP contribution < -0.4 is 0 Å². The first-order valence-corrected chi connectivity index (χ1v) is 7.75. The van der Waals surface area contributed by atoms with Crippen LogP contribution in [0.4, 0.5) is 0 Å². The number of Topliss-reactive ketones (excluding diaryl/α,β-unsaturated/α-hetero) is 1. The molecule has 4 aliphatic carbocycles. The number of carbonyl (C=O) groups is 2. The first-order chi connectivity index (χ1) is 10.1. The molecule has 1 aliphatic heterocycles. The third-order valence-corrected chi connectivity index (χ3v) is 6.10. The van der Waals surface area contributed by atoms with Gasteiger partial charge in [-0.25, -0.2) is 0 Å². The van der Waals surface area contributed by atoms with Gasteiger partial charge in [0.25, 0.3) is 0 Å². The van der Waals surface area contributed by atoms with Gasteiger partial charge in [0.15, 0.2) is 11.4 Å². The van der Waals surface area contributed by atoms with Crippen molar-refractivity contribution in [1.82, 2.24) is 0 Å². The van der Waals surface area contributed by atoms with Gasteiger partial charge in [0, 0.05) is 5.41 Å². The van der Waals surface area contributed by atoms with Gasteiger partial charge >= 0.3 is 5.97 Å². The van der Waals surface area contributed by atoms with Crippen LogP contribution >= 0.6 is 0 Å². The summed E-state index contributed by atoms with van der Waals surface area (Å²) >= 11 is 0. The lowest BCUT2D eigenvalue weighted by atomic mass is 9.46. The Bertz CT molecular complexity index is 561. The van der Waals surface area contributed by atoms with Gasteiger partial charge in [-0.05, 0) is 32.6 Å². The molecular weight excluding hydrogens is 272 g/mol. The lowest BCUT2D eigenvalue weighted by molar-refractivity contribution is -0.171. The van der Waals surface area contributed by atoms with Gasteiger partial charge in [-0.15, -0.1) is 0 Å². The predicted molar refractivity (Wildman–Crippen MR) is 72.3 cm³/mol. The van der Waals surface area contributed by atoms with Crippen LogP contribution in [-0.2, 0) is 19.1 Å². The van der Waals surface area contributed by atoms with Crippen molar-refractivity contribution in [1.29, 1.82) is 0 Å². The molecule has 2 spiro atoms. The van der Waals surface area contributed by atoms with E-state index in [1.165, 1.54) is 5.57 Å². The van der Waals surface area contributed by atoms with Crippen LogP contribution in [0, 0.1) is 16.7 Å². The zero-order chi connectivity index (χ0) is 14.9. The zero-order valence-corrected chi connectivity index (χ0v) is 12.2. The molecule has 21 heavy (non-hydrogen) atoms. The Morgan fingerprint density at radius 2 is 2.33 bits per heavy atom. The van der Waals surface area contributed by atoms with Crippen LogP contribution in [0.5, 0.6) is 0 Å². The minimum Gasteiger partial charge on any atom is -0.466 e. The second kappa shape index (κ2) is 3.96. The van der Waals surface area contributed by atoms with Gasteiger partial charge in [0.2, 0.25) is 0 Å². The maximum absolute atomic E-state index is 13.0. The van der Waals surface area contributed by atoms with Gasteiger partial charge in [0.05, 0.1) is 31.2 Å². The first kappa shape index (κ1) is 13.5. The Kier molecular flexibility index (Phi) is 2.54. The number of ketones is 1. The van der Waals surface area contributed by atoms with Gasteiger partial charge in [-0.2, -0.15) is 0 Å². The normalized spacial score (nSPS) is 46.5. The molecule has 114 valence electrons. The third-order valence-electron chi connectivity index (χ3n) is 6.10. The molecule has 5 aliphatic rings. The second-order valence-electron chi connectivity index (χ2n) is 6.76. The molecule has 3 fully saturated rings. The topological polar surface area (TPSA) is 76.1 Å². The highest BCUT2D eigenvalue weighted by molar-refractivity contribution is 6.04. The van der Waals surface area contributed by atoms with Crippen LogP contribution in [0.2, 0.25) is 0 Å². The molecule has 5 heteroatoms. The van der Waals surface area contributed by atoms with E-state index >= 15 is 0 Å². The quantitative estimate of drug-likeness (QED) is 0.477. The molecule has 2 saturated carbocycles. The van der Waals surface area contributed by atoms with E-state index in [1.807, 2.05) is 6.08 Å². The van der Waals surface area contributed by atoms with Crippen LogP contribution in [0.3, 0.4) is 0 Å². The monoisotopic (exact) mass is 292 g/mol. The Morgan fingerprint density at radius 3 is 2.95 bits per heavy atom. The Labute approximate surface area is 123 Å². The summed E-state index contributed by atoms with van der Waals surface area (Å²) in [5, 5.41) is 9.97. The van der Waals surface area contributed by atoms with Gasteiger partial charge in [-0.1, -0.05) is 11.6 Å². The van der Waals surface area contributed by atoms with E-state index in [-0.39, 0.29) is 30.4 Å². The Hall–Kier alpha value is -1.20. The van der Waals surface area contributed by atoms with Gasteiger partial charge in [-0.3, -0.25) is 9.59 Å². The van der Waals surface area contributed by atoms with Crippen molar-refractivity contribution >= 4 is 11.8 Å². The van der Waals surface area contributed by atoms with E-state index in [1.54, 1.807) is 6.92 Å². The summed E-state index contributed by atoms with van der Waals surface area (Å²) in [5.41, 5.74) is -1.00. The minimum atomic E-state index is -1.13. The van der Waals surface area contributed by atoms with Crippen molar-refractivity contribution < 1.29 is 24.2 Å². The summed E-state index contributed by atoms with van der Waals surface area (Å²) in [6, 6.07) is 0. The number of rotatable bonds is 3. The molecular formula is C16H20O5. The van der Waals surface area contributed by atoms with Gasteiger partial charge < -0.3 is 14.6 Å². The van der Waals surface area contributed by atoms with Crippen molar-refractivity contribution in [2.24, 2.45) is 16.7 Å². The molecule has 5 nitrogen and oxygen atoms in total. The summed E-state index contributed by atoms with van der Waals surface area (Å²) in [6.45, 7) is 2.13. The van der Waals surface area contributed by atoms with E-state index in [9.17, 15) is 14.7 Å². The molecule has 0 aromatic heterocycles. The van der Waals surface area contributed by atoms with E-state index in [2.05, 4.69) is 0 Å². The summed E-state index contributed by atoms with van der Waals surface area (Å²) in [4.78, 5) is 25.4. The molecule has 1 heterocycles. The Morgan fingerprint density at radius 1 is 1.57 bits per heavy atom. The van der Waals surface area contributed by atoms with E-state index in [4.69, 9.17) is 9.47 Å². The summed E-state index contributed by atoms with van der Waals surface area (Å²) in [5.74, 6) is -1.05. The van der Waals surface area contributed by atoms with Crippen LogP contribution in [0.15, 0.2) is 11.6 Å². The highest BCUT2D eigenvalue weighted by Crippen LogP contribution is 2.71. The second-order valence-corrected chi connectivity index (χ2v) is 6.76. The fourth-order valence-electron chi connectivity index (χ4n) is 5.05. The number of aliphatic hydroxyl groups is 1. The minimum absolute atomic E-state index is 0.104. The number of fused-ring (bicyclic) bond motifs is 1. The number of epoxide rings is 1. The lowest BCUT2D eigenvalue weighted by Crippen LogP contribution is -2.65. The smallest absolute Gasteiger partial charge is 0.310 e. The molecule has 0 aromatic rings. The largest absolute Gasteiger partial charge is 0.466 e. The molecule has 1 saturated heterocycles. The van der Waals surface area contributed by atoms with Crippen LogP contribution in [0.1, 0.15) is 32.6 Å². The Balaban J connectivity index is 1.87. The average molecular weight is 292 g/mol. The maximum Gasteiger partial charge on any atom is 0.310 e. The first-order valence-electron chi connectivity index (χ1n) is 7.75. The maximum atomic E-state index is 13.0. The number of ether oxygens (including phenoxy) is 2.